The van der Waals surface area contributed by atoms with Crippen LogP contribution in [0.15, 0.2) is 12.3 Å². The molecule has 1 heterocycles. The van der Waals surface area contributed by atoms with E-state index in [0.29, 0.717) is 5.75 Å². The lowest BCUT2D eigenvalue weighted by Gasteiger charge is -2.07. The Morgan fingerprint density at radius 1 is 1.64 bits per heavy atom. The highest BCUT2D eigenvalue weighted by Crippen LogP contribution is 2.28. The first kappa shape index (κ1) is 8.99. The van der Waals surface area contributed by atoms with Crippen LogP contribution in [0.4, 0.5) is 0 Å². The zero-order valence-corrected chi connectivity index (χ0v) is 7.99. The SMILES string of the molecule is Cc1cnc(C(N)=O)c(OC2CC2)c1. The van der Waals surface area contributed by atoms with Crippen LogP contribution in [-0.2, 0) is 0 Å². The van der Waals surface area contributed by atoms with Gasteiger partial charge in [-0.3, -0.25) is 4.79 Å². The molecule has 0 atom stereocenters. The number of amides is 1. The fourth-order valence-corrected chi connectivity index (χ4v) is 1.18. The van der Waals surface area contributed by atoms with Crippen LogP contribution >= 0.6 is 0 Å². The van der Waals surface area contributed by atoms with Gasteiger partial charge in [0.1, 0.15) is 0 Å². The number of rotatable bonds is 3. The van der Waals surface area contributed by atoms with Crippen LogP contribution < -0.4 is 10.5 Å². The average Bonchev–Trinajstić information content (AvgIpc) is 2.87. The normalized spacial score (nSPS) is 15.2. The Labute approximate surface area is 82.1 Å². The highest BCUT2D eigenvalue weighted by atomic mass is 16.5. The molecule has 4 heteroatoms. The topological polar surface area (TPSA) is 65.2 Å². The molecule has 2 N–H and O–H groups in total. The lowest BCUT2D eigenvalue weighted by molar-refractivity contribution is 0.0991. The van der Waals surface area contributed by atoms with Gasteiger partial charge in [-0.1, -0.05) is 0 Å². The second-order valence-electron chi connectivity index (χ2n) is 3.54. The lowest BCUT2D eigenvalue weighted by atomic mass is 10.2. The third kappa shape index (κ3) is 1.84. The van der Waals surface area contributed by atoms with Gasteiger partial charge in [-0.05, 0) is 31.4 Å². The number of nitrogens with two attached hydrogens (primary N) is 1. The molecule has 0 aliphatic heterocycles. The fraction of sp³-hybridized carbons (Fsp3) is 0.400. The van der Waals surface area contributed by atoms with E-state index in [1.807, 2.05) is 6.92 Å². The van der Waals surface area contributed by atoms with Crippen molar-refractivity contribution in [1.29, 1.82) is 0 Å². The number of carbonyl (C=O) groups excluding carboxylic acids is 1. The zero-order chi connectivity index (χ0) is 10.1. The summed E-state index contributed by atoms with van der Waals surface area (Å²) in [6.07, 6.45) is 3.95. The minimum atomic E-state index is -0.541. The Morgan fingerprint density at radius 2 is 2.36 bits per heavy atom. The molecule has 74 valence electrons. The quantitative estimate of drug-likeness (QED) is 0.777. The summed E-state index contributed by atoms with van der Waals surface area (Å²) >= 11 is 0. The van der Waals surface area contributed by atoms with E-state index in [1.54, 1.807) is 12.3 Å². The van der Waals surface area contributed by atoms with Crippen molar-refractivity contribution in [2.24, 2.45) is 5.73 Å². The Morgan fingerprint density at radius 3 is 2.93 bits per heavy atom. The number of nitrogens with zero attached hydrogens (tertiary/aromatic N) is 1. The van der Waals surface area contributed by atoms with Gasteiger partial charge in [0, 0.05) is 6.20 Å². The zero-order valence-electron chi connectivity index (χ0n) is 7.99. The van der Waals surface area contributed by atoms with Gasteiger partial charge >= 0.3 is 0 Å². The predicted octanol–water partition coefficient (Wildman–Crippen LogP) is 1.03. The molecular weight excluding hydrogens is 180 g/mol. The molecule has 14 heavy (non-hydrogen) atoms. The molecule has 2 rings (SSSR count). The van der Waals surface area contributed by atoms with Crippen LogP contribution in [-0.4, -0.2) is 17.0 Å². The van der Waals surface area contributed by atoms with Crippen molar-refractivity contribution < 1.29 is 9.53 Å². The van der Waals surface area contributed by atoms with Crippen molar-refractivity contribution in [2.75, 3.05) is 0 Å². The second kappa shape index (κ2) is 3.29. The maximum absolute atomic E-state index is 11.0. The van der Waals surface area contributed by atoms with E-state index in [0.717, 1.165) is 18.4 Å². The molecule has 1 fully saturated rings. The van der Waals surface area contributed by atoms with Gasteiger partial charge in [-0.25, -0.2) is 4.98 Å². The van der Waals surface area contributed by atoms with Gasteiger partial charge in [0.2, 0.25) is 0 Å². The molecule has 0 bridgehead atoms. The molecule has 0 aromatic carbocycles. The van der Waals surface area contributed by atoms with Crippen molar-refractivity contribution >= 4 is 5.91 Å². The third-order valence-electron chi connectivity index (χ3n) is 2.04. The predicted molar refractivity (Wildman–Crippen MR) is 51.1 cm³/mol. The number of ether oxygens (including phenoxy) is 1. The Bertz CT molecular complexity index is 372. The third-order valence-corrected chi connectivity index (χ3v) is 2.04. The standard InChI is InChI=1S/C10H12N2O2/c1-6-4-8(14-7-2-3-7)9(10(11)13)12-5-6/h4-5,7H,2-3H2,1H3,(H2,11,13). The van der Waals surface area contributed by atoms with Crippen molar-refractivity contribution in [3.63, 3.8) is 0 Å². The lowest BCUT2D eigenvalue weighted by Crippen LogP contribution is -2.15. The molecule has 0 radical (unpaired) electrons. The molecule has 1 aromatic rings. The highest BCUT2D eigenvalue weighted by molar-refractivity contribution is 5.93. The summed E-state index contributed by atoms with van der Waals surface area (Å²) in [5, 5.41) is 0. The van der Waals surface area contributed by atoms with E-state index < -0.39 is 5.91 Å². The molecule has 1 aliphatic carbocycles. The van der Waals surface area contributed by atoms with E-state index in [2.05, 4.69) is 4.98 Å². The van der Waals surface area contributed by atoms with Crippen LogP contribution in [0.3, 0.4) is 0 Å². The van der Waals surface area contributed by atoms with Gasteiger partial charge in [0.05, 0.1) is 6.10 Å². The van der Waals surface area contributed by atoms with E-state index in [1.165, 1.54) is 0 Å². The summed E-state index contributed by atoms with van der Waals surface area (Å²) in [5.74, 6) is -0.0272. The maximum Gasteiger partial charge on any atom is 0.271 e. The Hall–Kier alpha value is -1.58. The summed E-state index contributed by atoms with van der Waals surface area (Å²) < 4.78 is 5.54. The number of aromatic nitrogens is 1. The number of hydrogen-bond donors (Lipinski definition) is 1. The van der Waals surface area contributed by atoms with E-state index in [-0.39, 0.29) is 11.8 Å². The number of primary amides is 1. The molecule has 4 nitrogen and oxygen atoms in total. The smallest absolute Gasteiger partial charge is 0.271 e. The van der Waals surface area contributed by atoms with Crippen LogP contribution in [0, 0.1) is 6.92 Å². The number of aryl methyl sites for hydroxylation is 1. The Kier molecular flexibility index (Phi) is 2.11. The molecule has 1 aromatic heterocycles. The van der Waals surface area contributed by atoms with Gasteiger partial charge < -0.3 is 10.5 Å². The average molecular weight is 192 g/mol. The maximum atomic E-state index is 11.0. The number of pyridine rings is 1. The largest absolute Gasteiger partial charge is 0.488 e. The molecule has 0 spiro atoms. The van der Waals surface area contributed by atoms with Crippen LogP contribution in [0.5, 0.6) is 5.75 Å². The first-order valence-corrected chi connectivity index (χ1v) is 4.60. The minimum absolute atomic E-state index is 0.225. The van der Waals surface area contributed by atoms with E-state index in [9.17, 15) is 4.79 Å². The summed E-state index contributed by atoms with van der Waals surface area (Å²) in [6, 6.07) is 1.80. The molecule has 0 unspecified atom stereocenters. The van der Waals surface area contributed by atoms with Crippen molar-refractivity contribution in [1.82, 2.24) is 4.98 Å². The van der Waals surface area contributed by atoms with Gasteiger partial charge in [0.15, 0.2) is 11.4 Å². The van der Waals surface area contributed by atoms with Crippen molar-refractivity contribution in [3.8, 4) is 5.75 Å². The summed E-state index contributed by atoms with van der Waals surface area (Å²) in [4.78, 5) is 15.0. The van der Waals surface area contributed by atoms with Crippen LogP contribution in [0.1, 0.15) is 28.9 Å². The van der Waals surface area contributed by atoms with E-state index >= 15 is 0 Å². The minimum Gasteiger partial charge on any atom is -0.488 e. The number of hydrogen-bond acceptors (Lipinski definition) is 3. The Balaban J connectivity index is 2.31. The summed E-state index contributed by atoms with van der Waals surface area (Å²) in [6.45, 7) is 1.90. The molecular formula is C10H12N2O2. The van der Waals surface area contributed by atoms with Crippen LogP contribution in [0.2, 0.25) is 0 Å². The van der Waals surface area contributed by atoms with Crippen molar-refractivity contribution in [3.05, 3.63) is 23.5 Å². The molecule has 1 aliphatic rings. The van der Waals surface area contributed by atoms with E-state index in [4.69, 9.17) is 10.5 Å². The van der Waals surface area contributed by atoms with Gasteiger partial charge in [-0.2, -0.15) is 0 Å². The summed E-state index contributed by atoms with van der Waals surface area (Å²) in [5.41, 5.74) is 6.37. The molecule has 1 saturated carbocycles. The second-order valence-corrected chi connectivity index (χ2v) is 3.54. The number of carbonyl (C=O) groups is 1. The fourth-order valence-electron chi connectivity index (χ4n) is 1.18. The molecule has 1 amide bonds. The van der Waals surface area contributed by atoms with Crippen LogP contribution in [0.25, 0.3) is 0 Å². The monoisotopic (exact) mass is 192 g/mol. The van der Waals surface area contributed by atoms with Gasteiger partial charge in [-0.15, -0.1) is 0 Å². The molecule has 0 saturated heterocycles. The first-order valence-electron chi connectivity index (χ1n) is 4.60. The van der Waals surface area contributed by atoms with Crippen molar-refractivity contribution in [2.45, 2.75) is 25.9 Å². The van der Waals surface area contributed by atoms with Gasteiger partial charge in [0.25, 0.3) is 5.91 Å². The first-order chi connectivity index (χ1) is 6.66. The summed E-state index contributed by atoms with van der Waals surface area (Å²) in [7, 11) is 0. The highest BCUT2D eigenvalue weighted by Gasteiger charge is 2.25.